The summed E-state index contributed by atoms with van der Waals surface area (Å²) in [6.45, 7) is 2.08. The fourth-order valence-electron chi connectivity index (χ4n) is 0.902. The Morgan fingerprint density at radius 1 is 1.17 bits per heavy atom. The number of hydrogen-bond donors (Lipinski definition) is 1. The van der Waals surface area contributed by atoms with Gasteiger partial charge in [-0.1, -0.05) is 34.7 Å². The van der Waals surface area contributed by atoms with Gasteiger partial charge in [0.2, 0.25) is 0 Å². The van der Waals surface area contributed by atoms with Crippen molar-refractivity contribution in [2.45, 2.75) is 6.54 Å². The van der Waals surface area contributed by atoms with E-state index in [0.717, 1.165) is 13.1 Å². The quantitative estimate of drug-likeness (QED) is 0.476. The van der Waals surface area contributed by atoms with E-state index in [9.17, 15) is 0 Å². The Balaban J connectivity index is 2.37. The summed E-state index contributed by atoms with van der Waals surface area (Å²) in [6.07, 6.45) is 0. The summed E-state index contributed by atoms with van der Waals surface area (Å²) < 4.78 is 2.47. The zero-order valence-electron chi connectivity index (χ0n) is 6.69. The molecule has 0 unspecified atom stereocenters. The highest BCUT2D eigenvalue weighted by atomic mass is 127. The molecule has 0 spiro atoms. The number of alkyl halides is 1. The van der Waals surface area contributed by atoms with E-state index in [1.165, 1.54) is 13.6 Å². The van der Waals surface area contributed by atoms with Gasteiger partial charge in [-0.3, -0.25) is 0 Å². The summed E-state index contributed by atoms with van der Waals surface area (Å²) in [5, 5.41) is 3.36. The first kappa shape index (κ1) is 10.7. The molecule has 0 atom stereocenters. The van der Waals surface area contributed by atoms with Gasteiger partial charge in [-0.2, -0.15) is 0 Å². The number of hydrogen-bond acceptors (Lipinski definition) is 1. The average Bonchev–Trinajstić information content (AvgIpc) is 2.09. The third-order valence-electron chi connectivity index (χ3n) is 1.51. The molecular formula is C9H11I2N. The molecule has 1 N–H and O–H groups in total. The Morgan fingerprint density at radius 2 is 1.83 bits per heavy atom. The number of benzene rings is 1. The molecule has 0 heterocycles. The Hall–Kier alpha value is 0.640. The summed E-state index contributed by atoms with van der Waals surface area (Å²) in [5.41, 5.74) is 1.36. The van der Waals surface area contributed by atoms with Crippen LogP contribution in [0.1, 0.15) is 5.56 Å². The van der Waals surface area contributed by atoms with Gasteiger partial charge in [0.15, 0.2) is 0 Å². The molecular weight excluding hydrogens is 376 g/mol. The molecule has 0 saturated carbocycles. The van der Waals surface area contributed by atoms with Crippen LogP contribution in [0.5, 0.6) is 0 Å². The summed E-state index contributed by atoms with van der Waals surface area (Å²) in [7, 11) is 0. The molecule has 0 aliphatic heterocycles. The first-order valence-corrected chi connectivity index (χ1v) is 6.44. The minimum Gasteiger partial charge on any atom is -0.312 e. The van der Waals surface area contributed by atoms with Crippen LogP contribution in [0, 0.1) is 3.57 Å². The summed E-state index contributed by atoms with van der Waals surface area (Å²) in [6, 6.07) is 8.62. The van der Waals surface area contributed by atoms with Crippen molar-refractivity contribution in [1.82, 2.24) is 5.32 Å². The largest absolute Gasteiger partial charge is 0.312 e. The van der Waals surface area contributed by atoms with Gasteiger partial charge in [0.25, 0.3) is 0 Å². The predicted octanol–water partition coefficient (Wildman–Crippen LogP) is 2.82. The van der Waals surface area contributed by atoms with E-state index in [0.29, 0.717) is 0 Å². The van der Waals surface area contributed by atoms with Crippen LogP contribution in [0.25, 0.3) is 0 Å². The molecule has 66 valence electrons. The third kappa shape index (κ3) is 4.04. The van der Waals surface area contributed by atoms with E-state index in [4.69, 9.17) is 0 Å². The van der Waals surface area contributed by atoms with Crippen LogP contribution in [0.15, 0.2) is 24.3 Å². The first-order chi connectivity index (χ1) is 5.83. The molecule has 0 aliphatic rings. The van der Waals surface area contributed by atoms with E-state index in [1.54, 1.807) is 0 Å². The van der Waals surface area contributed by atoms with Crippen LogP contribution < -0.4 is 5.32 Å². The number of rotatable bonds is 4. The van der Waals surface area contributed by atoms with Crippen molar-refractivity contribution in [2.24, 2.45) is 0 Å². The van der Waals surface area contributed by atoms with Gasteiger partial charge >= 0.3 is 0 Å². The molecule has 0 aliphatic carbocycles. The fourth-order valence-corrected chi connectivity index (χ4v) is 1.64. The van der Waals surface area contributed by atoms with E-state index in [2.05, 4.69) is 74.8 Å². The molecule has 1 aromatic carbocycles. The number of halogens is 2. The second kappa shape index (κ2) is 6.15. The second-order valence-corrected chi connectivity index (χ2v) is 4.82. The van der Waals surface area contributed by atoms with Gasteiger partial charge in [0.1, 0.15) is 0 Å². The van der Waals surface area contributed by atoms with E-state index < -0.39 is 0 Å². The summed E-state index contributed by atoms with van der Waals surface area (Å²) in [4.78, 5) is 0. The topological polar surface area (TPSA) is 12.0 Å². The zero-order valence-corrected chi connectivity index (χ0v) is 11.0. The van der Waals surface area contributed by atoms with Gasteiger partial charge in [0, 0.05) is 21.1 Å². The maximum absolute atomic E-state index is 3.36. The van der Waals surface area contributed by atoms with Crippen LogP contribution >= 0.6 is 45.2 Å². The maximum atomic E-state index is 3.36. The molecule has 12 heavy (non-hydrogen) atoms. The standard InChI is InChI=1S/C9H11I2N/c10-5-6-12-7-8-1-3-9(11)4-2-8/h1-4,12H,5-7H2. The van der Waals surface area contributed by atoms with E-state index in [1.807, 2.05) is 0 Å². The highest BCUT2D eigenvalue weighted by Crippen LogP contribution is 2.06. The Bertz CT molecular complexity index is 220. The average molecular weight is 387 g/mol. The smallest absolute Gasteiger partial charge is 0.0205 e. The molecule has 1 nitrogen and oxygen atoms in total. The first-order valence-electron chi connectivity index (χ1n) is 3.84. The molecule has 0 saturated heterocycles. The van der Waals surface area contributed by atoms with Crippen molar-refractivity contribution >= 4 is 45.2 Å². The molecule has 0 amide bonds. The highest BCUT2D eigenvalue weighted by Gasteiger charge is 1.90. The van der Waals surface area contributed by atoms with Crippen molar-refractivity contribution in [3.8, 4) is 0 Å². The lowest BCUT2D eigenvalue weighted by atomic mass is 10.2. The van der Waals surface area contributed by atoms with Gasteiger partial charge in [-0.25, -0.2) is 0 Å². The molecule has 0 bridgehead atoms. The Labute approximate surface area is 101 Å². The Kier molecular flexibility index (Phi) is 5.49. The Morgan fingerprint density at radius 3 is 2.42 bits per heavy atom. The zero-order chi connectivity index (χ0) is 8.81. The molecule has 0 aromatic heterocycles. The minimum atomic E-state index is 0.986. The van der Waals surface area contributed by atoms with Crippen LogP contribution in [0.2, 0.25) is 0 Å². The SMILES string of the molecule is ICCNCc1ccc(I)cc1. The van der Waals surface area contributed by atoms with Crippen LogP contribution in [0.4, 0.5) is 0 Å². The van der Waals surface area contributed by atoms with Gasteiger partial charge in [-0.15, -0.1) is 0 Å². The normalized spacial score (nSPS) is 10.2. The van der Waals surface area contributed by atoms with Crippen molar-refractivity contribution in [2.75, 3.05) is 11.0 Å². The molecule has 1 aromatic rings. The maximum Gasteiger partial charge on any atom is 0.0205 e. The molecule has 0 radical (unpaired) electrons. The van der Waals surface area contributed by atoms with Gasteiger partial charge in [0.05, 0.1) is 0 Å². The summed E-state index contributed by atoms with van der Waals surface area (Å²) >= 11 is 4.69. The van der Waals surface area contributed by atoms with Gasteiger partial charge in [-0.05, 0) is 40.3 Å². The van der Waals surface area contributed by atoms with Crippen molar-refractivity contribution in [3.05, 3.63) is 33.4 Å². The molecule has 3 heteroatoms. The van der Waals surface area contributed by atoms with Crippen molar-refractivity contribution < 1.29 is 0 Å². The number of nitrogens with one attached hydrogen (secondary N) is 1. The lowest BCUT2D eigenvalue weighted by Crippen LogP contribution is -2.15. The van der Waals surface area contributed by atoms with E-state index in [-0.39, 0.29) is 0 Å². The third-order valence-corrected chi connectivity index (χ3v) is 2.77. The minimum absolute atomic E-state index is 0.986. The van der Waals surface area contributed by atoms with Gasteiger partial charge < -0.3 is 5.32 Å². The lowest BCUT2D eigenvalue weighted by molar-refractivity contribution is 0.736. The fraction of sp³-hybridized carbons (Fsp3) is 0.333. The van der Waals surface area contributed by atoms with Crippen molar-refractivity contribution in [3.63, 3.8) is 0 Å². The van der Waals surface area contributed by atoms with E-state index >= 15 is 0 Å². The monoisotopic (exact) mass is 387 g/mol. The predicted molar refractivity (Wildman–Crippen MR) is 69.8 cm³/mol. The molecule has 1 rings (SSSR count). The second-order valence-electron chi connectivity index (χ2n) is 2.49. The van der Waals surface area contributed by atoms with Crippen LogP contribution in [-0.4, -0.2) is 11.0 Å². The van der Waals surface area contributed by atoms with Crippen LogP contribution in [0.3, 0.4) is 0 Å². The van der Waals surface area contributed by atoms with Crippen LogP contribution in [-0.2, 0) is 6.54 Å². The summed E-state index contributed by atoms with van der Waals surface area (Å²) in [5.74, 6) is 0. The highest BCUT2D eigenvalue weighted by molar-refractivity contribution is 14.1. The molecule has 0 fully saturated rings. The van der Waals surface area contributed by atoms with Crippen molar-refractivity contribution in [1.29, 1.82) is 0 Å². The lowest BCUT2D eigenvalue weighted by Gasteiger charge is -2.02.